The second-order valence-electron chi connectivity index (χ2n) is 13.6. The maximum atomic E-state index is 14.4. The van der Waals surface area contributed by atoms with Crippen molar-refractivity contribution in [3.63, 3.8) is 0 Å². The first-order valence-corrected chi connectivity index (χ1v) is 21.0. The Bertz CT molecular complexity index is 2750. The van der Waals surface area contributed by atoms with E-state index in [2.05, 4.69) is 21.3 Å². The summed E-state index contributed by atoms with van der Waals surface area (Å²) in [5.41, 5.74) is 3.33. The van der Waals surface area contributed by atoms with E-state index in [0.717, 1.165) is 27.7 Å². The molecule has 7 aromatic rings. The molecule has 0 aliphatic heterocycles. The van der Waals surface area contributed by atoms with Gasteiger partial charge in [0.25, 0.3) is 17.7 Å². The smallest absolute Gasteiger partial charge is 0.341 e. The molecule has 0 fully saturated rings. The standard InChI is InChI=1S/C49H40N4O6S2/c1-3-59-49(58)41-31(2)42(46(56)50-36-24-11-6-12-25-36)61-48(41)53-47(57)43(33-18-7-4-8-19-33)60-38-27-16-26-37(30-38)51-45(55)40(52-44(54)34-20-9-5-10-21-34)29-35-23-15-22-32-17-13-14-28-39(32)35/h4-30,43H,3H2,1-2H3,(H,50,56)(H,51,55)(H,52,54)(H,53,57)/b40-29+. The van der Waals surface area contributed by atoms with Crippen LogP contribution in [0.15, 0.2) is 168 Å². The molecule has 304 valence electrons. The molecule has 1 aromatic heterocycles. The number of ether oxygens (including phenoxy) is 1. The molecule has 0 saturated heterocycles. The lowest BCUT2D eigenvalue weighted by Gasteiger charge is -2.18. The van der Waals surface area contributed by atoms with Crippen molar-refractivity contribution in [2.45, 2.75) is 24.0 Å². The number of thiophene rings is 1. The van der Waals surface area contributed by atoms with E-state index in [1.165, 1.54) is 11.8 Å². The highest BCUT2D eigenvalue weighted by molar-refractivity contribution is 8.00. The number of thioether (sulfide) groups is 1. The number of hydrogen-bond acceptors (Lipinski definition) is 8. The van der Waals surface area contributed by atoms with Crippen LogP contribution in [0.4, 0.5) is 16.4 Å². The molecule has 0 saturated carbocycles. The molecule has 0 bridgehead atoms. The number of hydrogen-bond donors (Lipinski definition) is 4. The van der Waals surface area contributed by atoms with Crippen LogP contribution in [-0.2, 0) is 14.3 Å². The van der Waals surface area contributed by atoms with E-state index in [4.69, 9.17) is 4.74 Å². The summed E-state index contributed by atoms with van der Waals surface area (Å²) in [6.45, 7) is 3.43. The Morgan fingerprint density at radius 2 is 1.33 bits per heavy atom. The number of carbonyl (C=O) groups is 5. The molecule has 12 heteroatoms. The summed E-state index contributed by atoms with van der Waals surface area (Å²) < 4.78 is 5.36. The summed E-state index contributed by atoms with van der Waals surface area (Å²) in [6, 6.07) is 47.3. The van der Waals surface area contributed by atoms with E-state index in [0.29, 0.717) is 33.0 Å². The minimum Gasteiger partial charge on any atom is -0.462 e. The molecule has 4 amide bonds. The minimum atomic E-state index is -0.835. The van der Waals surface area contributed by atoms with Gasteiger partial charge in [0.05, 0.1) is 17.0 Å². The number of carbonyl (C=O) groups excluding carboxylic acids is 5. The second-order valence-corrected chi connectivity index (χ2v) is 15.8. The number of fused-ring (bicyclic) bond motifs is 1. The highest BCUT2D eigenvalue weighted by Crippen LogP contribution is 2.40. The molecule has 61 heavy (non-hydrogen) atoms. The van der Waals surface area contributed by atoms with Crippen molar-refractivity contribution in [3.8, 4) is 0 Å². The number of esters is 1. The average molecular weight is 845 g/mol. The summed E-state index contributed by atoms with van der Waals surface area (Å²) in [4.78, 5) is 69.5. The Hall–Kier alpha value is -7.28. The van der Waals surface area contributed by atoms with Gasteiger partial charge in [0, 0.05) is 21.8 Å². The Morgan fingerprint density at radius 3 is 2.07 bits per heavy atom. The van der Waals surface area contributed by atoms with Crippen LogP contribution in [0.1, 0.15) is 59.3 Å². The summed E-state index contributed by atoms with van der Waals surface area (Å²) in [6.07, 6.45) is 1.65. The summed E-state index contributed by atoms with van der Waals surface area (Å²) in [5.74, 6) is -2.53. The predicted octanol–water partition coefficient (Wildman–Crippen LogP) is 10.5. The van der Waals surface area contributed by atoms with E-state index in [1.807, 2.05) is 84.9 Å². The first-order valence-electron chi connectivity index (χ1n) is 19.3. The summed E-state index contributed by atoms with van der Waals surface area (Å²) >= 11 is 2.23. The zero-order valence-corrected chi connectivity index (χ0v) is 34.8. The third-order valence-corrected chi connectivity index (χ3v) is 11.9. The van der Waals surface area contributed by atoms with E-state index in [-0.39, 0.29) is 27.7 Å². The Kier molecular flexibility index (Phi) is 13.5. The zero-order chi connectivity index (χ0) is 42.7. The molecular weight excluding hydrogens is 805 g/mol. The van der Waals surface area contributed by atoms with Crippen LogP contribution in [0, 0.1) is 6.92 Å². The van der Waals surface area contributed by atoms with Crippen molar-refractivity contribution >= 4 is 85.9 Å². The monoisotopic (exact) mass is 844 g/mol. The molecule has 0 aliphatic carbocycles. The topological polar surface area (TPSA) is 143 Å². The van der Waals surface area contributed by atoms with E-state index in [1.54, 1.807) is 92.7 Å². The molecule has 4 N–H and O–H groups in total. The maximum Gasteiger partial charge on any atom is 0.341 e. The van der Waals surface area contributed by atoms with Gasteiger partial charge in [-0.05, 0) is 89.9 Å². The van der Waals surface area contributed by atoms with Gasteiger partial charge >= 0.3 is 5.97 Å². The van der Waals surface area contributed by atoms with Gasteiger partial charge in [0.15, 0.2) is 0 Å². The molecule has 0 spiro atoms. The molecule has 1 atom stereocenters. The predicted molar refractivity (Wildman–Crippen MR) is 244 cm³/mol. The van der Waals surface area contributed by atoms with E-state index in [9.17, 15) is 24.0 Å². The van der Waals surface area contributed by atoms with Crippen LogP contribution >= 0.6 is 23.1 Å². The van der Waals surface area contributed by atoms with Crippen molar-refractivity contribution in [1.29, 1.82) is 0 Å². The number of nitrogens with one attached hydrogen (secondary N) is 4. The van der Waals surface area contributed by atoms with Crippen molar-refractivity contribution in [1.82, 2.24) is 5.32 Å². The fourth-order valence-electron chi connectivity index (χ4n) is 6.51. The van der Waals surface area contributed by atoms with Crippen LogP contribution in [0.25, 0.3) is 16.8 Å². The molecule has 1 heterocycles. The molecule has 10 nitrogen and oxygen atoms in total. The molecule has 1 unspecified atom stereocenters. The second kappa shape index (κ2) is 19.6. The summed E-state index contributed by atoms with van der Waals surface area (Å²) in [7, 11) is 0. The van der Waals surface area contributed by atoms with Crippen LogP contribution in [0.3, 0.4) is 0 Å². The molecule has 0 radical (unpaired) electrons. The molecule has 7 rings (SSSR count). The van der Waals surface area contributed by atoms with Crippen molar-refractivity contribution in [2.24, 2.45) is 0 Å². The fraction of sp³-hybridized carbons (Fsp3) is 0.0816. The van der Waals surface area contributed by atoms with E-state index < -0.39 is 34.8 Å². The van der Waals surface area contributed by atoms with Crippen LogP contribution in [0.5, 0.6) is 0 Å². The number of anilines is 3. The number of benzene rings is 6. The van der Waals surface area contributed by atoms with Crippen molar-refractivity contribution in [3.05, 3.63) is 196 Å². The molecular formula is C49H40N4O6S2. The van der Waals surface area contributed by atoms with Gasteiger partial charge in [-0.3, -0.25) is 19.2 Å². The highest BCUT2D eigenvalue weighted by atomic mass is 32.2. The highest BCUT2D eigenvalue weighted by Gasteiger charge is 2.30. The van der Waals surface area contributed by atoms with E-state index >= 15 is 0 Å². The normalized spacial score (nSPS) is 11.6. The maximum absolute atomic E-state index is 14.4. The zero-order valence-electron chi connectivity index (χ0n) is 33.1. The third-order valence-electron chi connectivity index (χ3n) is 9.44. The molecule has 6 aromatic carbocycles. The van der Waals surface area contributed by atoms with Gasteiger partial charge in [0.1, 0.15) is 15.9 Å². The van der Waals surface area contributed by atoms with Gasteiger partial charge in [-0.2, -0.15) is 0 Å². The lowest BCUT2D eigenvalue weighted by Crippen LogP contribution is -2.30. The van der Waals surface area contributed by atoms with Gasteiger partial charge in [-0.25, -0.2) is 4.79 Å². The van der Waals surface area contributed by atoms with Crippen LogP contribution in [-0.4, -0.2) is 36.2 Å². The Labute approximate surface area is 361 Å². The van der Waals surface area contributed by atoms with Gasteiger partial charge in [-0.15, -0.1) is 23.1 Å². The number of para-hydroxylation sites is 1. The van der Waals surface area contributed by atoms with Crippen molar-refractivity contribution < 1.29 is 28.7 Å². The first kappa shape index (κ1) is 41.9. The quantitative estimate of drug-likeness (QED) is 0.0485. The fourth-order valence-corrected chi connectivity index (χ4v) is 8.69. The SMILES string of the molecule is CCOC(=O)c1c(NC(=O)C(Sc2cccc(NC(=O)/C(=C\c3cccc4ccccc34)NC(=O)c3ccccc3)c2)c2ccccc2)sc(C(=O)Nc2ccccc2)c1C. The van der Waals surface area contributed by atoms with Crippen LogP contribution < -0.4 is 21.3 Å². The van der Waals surface area contributed by atoms with Crippen molar-refractivity contribution in [2.75, 3.05) is 22.6 Å². The van der Waals surface area contributed by atoms with Gasteiger partial charge in [0.2, 0.25) is 5.91 Å². The molecule has 0 aliphatic rings. The van der Waals surface area contributed by atoms with Gasteiger partial charge in [-0.1, -0.05) is 115 Å². The lowest BCUT2D eigenvalue weighted by molar-refractivity contribution is -0.116. The van der Waals surface area contributed by atoms with Crippen LogP contribution in [0.2, 0.25) is 0 Å². The minimum absolute atomic E-state index is 0.0327. The largest absolute Gasteiger partial charge is 0.462 e. The third kappa shape index (κ3) is 10.3. The number of amides is 4. The first-order chi connectivity index (χ1) is 29.7. The van der Waals surface area contributed by atoms with Gasteiger partial charge < -0.3 is 26.0 Å². The summed E-state index contributed by atoms with van der Waals surface area (Å²) in [5, 5.41) is 12.8. The average Bonchev–Trinajstić information content (AvgIpc) is 3.61. The Balaban J connectivity index is 1.16. The number of rotatable bonds is 14. The Morgan fingerprint density at radius 1 is 0.689 bits per heavy atom. The lowest BCUT2D eigenvalue weighted by atomic mass is 10.0.